The zero-order chi connectivity index (χ0) is 15.1. The Morgan fingerprint density at radius 3 is 2.10 bits per heavy atom. The first-order valence-electron chi connectivity index (χ1n) is 6.32. The van der Waals surface area contributed by atoms with Gasteiger partial charge in [0.05, 0.1) is 22.4 Å². The van der Waals surface area contributed by atoms with Crippen LogP contribution in [-0.2, 0) is 0 Å². The summed E-state index contributed by atoms with van der Waals surface area (Å²) in [6.45, 7) is 1.66. The molecule has 21 heavy (non-hydrogen) atoms. The first kappa shape index (κ1) is 13.1. The number of anilines is 1. The Balaban J connectivity index is 2.11. The van der Waals surface area contributed by atoms with Crippen LogP contribution in [0.3, 0.4) is 0 Å². The van der Waals surface area contributed by atoms with Gasteiger partial charge >= 0.3 is 5.97 Å². The van der Waals surface area contributed by atoms with Gasteiger partial charge in [0.15, 0.2) is 0 Å². The monoisotopic (exact) mass is 281 g/mol. The number of fused-ring (bicyclic) bond motifs is 1. The summed E-state index contributed by atoms with van der Waals surface area (Å²) in [5.41, 5.74) is 1.58. The Morgan fingerprint density at radius 2 is 1.57 bits per heavy atom. The van der Waals surface area contributed by atoms with E-state index in [9.17, 15) is 14.4 Å². The zero-order valence-corrected chi connectivity index (χ0v) is 11.2. The predicted molar refractivity (Wildman–Crippen MR) is 75.7 cm³/mol. The van der Waals surface area contributed by atoms with Crippen LogP contribution in [0, 0.1) is 6.92 Å². The second kappa shape index (κ2) is 4.56. The van der Waals surface area contributed by atoms with E-state index in [0.717, 1.165) is 4.90 Å². The molecule has 2 aromatic rings. The molecule has 1 heterocycles. The van der Waals surface area contributed by atoms with Gasteiger partial charge in [0, 0.05) is 0 Å². The van der Waals surface area contributed by atoms with Crippen LogP contribution in [0.1, 0.15) is 36.6 Å². The molecule has 1 aliphatic heterocycles. The van der Waals surface area contributed by atoms with Gasteiger partial charge in [-0.05, 0) is 36.8 Å². The first-order valence-corrected chi connectivity index (χ1v) is 6.32. The highest BCUT2D eigenvalue weighted by atomic mass is 16.4. The van der Waals surface area contributed by atoms with Gasteiger partial charge in [-0.3, -0.25) is 9.59 Å². The molecule has 0 saturated carbocycles. The lowest BCUT2D eigenvalue weighted by Gasteiger charge is -2.15. The van der Waals surface area contributed by atoms with Gasteiger partial charge in [-0.1, -0.05) is 18.2 Å². The smallest absolute Gasteiger partial charge is 0.336 e. The minimum atomic E-state index is -1.09. The summed E-state index contributed by atoms with van der Waals surface area (Å²) in [7, 11) is 0. The number of benzene rings is 2. The van der Waals surface area contributed by atoms with Crippen molar-refractivity contribution in [2.45, 2.75) is 6.92 Å². The van der Waals surface area contributed by atoms with E-state index in [1.165, 1.54) is 6.07 Å². The van der Waals surface area contributed by atoms with Crippen molar-refractivity contribution in [3.8, 4) is 0 Å². The number of hydrogen-bond acceptors (Lipinski definition) is 3. The SMILES string of the molecule is Cc1ccc(N2C(=O)c3ccccc3C2=O)cc1C(=O)O. The molecule has 0 atom stereocenters. The van der Waals surface area contributed by atoms with Crippen molar-refractivity contribution in [2.24, 2.45) is 0 Å². The number of aromatic carboxylic acids is 1. The third-order valence-electron chi connectivity index (χ3n) is 3.50. The minimum absolute atomic E-state index is 0.0732. The maximum Gasteiger partial charge on any atom is 0.336 e. The van der Waals surface area contributed by atoms with Crippen molar-refractivity contribution in [3.05, 3.63) is 64.7 Å². The minimum Gasteiger partial charge on any atom is -0.478 e. The molecule has 104 valence electrons. The summed E-state index contributed by atoms with van der Waals surface area (Å²) in [6, 6.07) is 11.0. The van der Waals surface area contributed by atoms with Crippen LogP contribution in [0.2, 0.25) is 0 Å². The van der Waals surface area contributed by atoms with Gasteiger partial charge in [0.2, 0.25) is 0 Å². The van der Waals surface area contributed by atoms with Gasteiger partial charge in [0.1, 0.15) is 0 Å². The molecule has 0 spiro atoms. The molecule has 1 aliphatic rings. The fourth-order valence-corrected chi connectivity index (χ4v) is 2.40. The van der Waals surface area contributed by atoms with Gasteiger partial charge in [-0.25, -0.2) is 9.69 Å². The fourth-order valence-electron chi connectivity index (χ4n) is 2.40. The molecule has 0 aliphatic carbocycles. The molecule has 5 heteroatoms. The van der Waals surface area contributed by atoms with Gasteiger partial charge in [-0.15, -0.1) is 0 Å². The third kappa shape index (κ3) is 1.90. The van der Waals surface area contributed by atoms with Crippen LogP contribution in [0.25, 0.3) is 0 Å². The number of carbonyl (C=O) groups excluding carboxylic acids is 2. The Bertz CT molecular complexity index is 760. The Kier molecular flexibility index (Phi) is 2.83. The van der Waals surface area contributed by atoms with E-state index >= 15 is 0 Å². The van der Waals surface area contributed by atoms with Crippen molar-refractivity contribution in [3.63, 3.8) is 0 Å². The second-order valence-electron chi connectivity index (χ2n) is 4.80. The summed E-state index contributed by atoms with van der Waals surface area (Å²) in [5.74, 6) is -1.96. The van der Waals surface area contributed by atoms with Crippen molar-refractivity contribution in [2.75, 3.05) is 4.90 Å². The highest BCUT2D eigenvalue weighted by Gasteiger charge is 2.36. The fraction of sp³-hybridized carbons (Fsp3) is 0.0625. The number of nitrogens with zero attached hydrogens (tertiary/aromatic N) is 1. The summed E-state index contributed by atoms with van der Waals surface area (Å²) < 4.78 is 0. The Labute approximate surface area is 120 Å². The Morgan fingerprint density at radius 1 is 1.00 bits per heavy atom. The molecule has 0 aromatic heterocycles. The number of aryl methyl sites for hydroxylation is 1. The molecule has 0 bridgehead atoms. The molecule has 2 aromatic carbocycles. The van der Waals surface area contributed by atoms with Crippen LogP contribution in [0.4, 0.5) is 5.69 Å². The summed E-state index contributed by atoms with van der Waals surface area (Å²) in [5, 5.41) is 9.15. The third-order valence-corrected chi connectivity index (χ3v) is 3.50. The van der Waals surface area contributed by atoms with Crippen LogP contribution in [-0.4, -0.2) is 22.9 Å². The quantitative estimate of drug-likeness (QED) is 0.858. The largest absolute Gasteiger partial charge is 0.478 e. The van der Waals surface area contributed by atoms with E-state index < -0.39 is 17.8 Å². The normalized spacial score (nSPS) is 13.5. The van der Waals surface area contributed by atoms with Crippen molar-refractivity contribution in [1.82, 2.24) is 0 Å². The first-order chi connectivity index (χ1) is 10.0. The number of rotatable bonds is 2. The molecule has 2 amide bonds. The highest BCUT2D eigenvalue weighted by Crippen LogP contribution is 2.29. The molecule has 5 nitrogen and oxygen atoms in total. The van der Waals surface area contributed by atoms with Gasteiger partial charge < -0.3 is 5.11 Å². The summed E-state index contributed by atoms with van der Waals surface area (Å²) in [4.78, 5) is 36.9. The molecule has 0 radical (unpaired) electrons. The van der Waals surface area contributed by atoms with Crippen LogP contribution in [0.15, 0.2) is 42.5 Å². The molecule has 3 rings (SSSR count). The van der Waals surface area contributed by atoms with Crippen molar-refractivity contribution in [1.29, 1.82) is 0 Å². The average molecular weight is 281 g/mol. The number of amides is 2. The Hall–Kier alpha value is -2.95. The van der Waals surface area contributed by atoms with Crippen molar-refractivity contribution >= 4 is 23.5 Å². The number of carboxylic acids is 1. The average Bonchev–Trinajstić information content (AvgIpc) is 2.72. The molecule has 1 N–H and O–H groups in total. The zero-order valence-electron chi connectivity index (χ0n) is 11.2. The van der Waals surface area contributed by atoms with Crippen LogP contribution < -0.4 is 4.90 Å². The van der Waals surface area contributed by atoms with Crippen LogP contribution >= 0.6 is 0 Å². The molecule has 0 unspecified atom stereocenters. The van der Waals surface area contributed by atoms with Crippen molar-refractivity contribution < 1.29 is 19.5 Å². The molecular weight excluding hydrogens is 270 g/mol. The van der Waals surface area contributed by atoms with E-state index in [-0.39, 0.29) is 11.3 Å². The van der Waals surface area contributed by atoms with Gasteiger partial charge in [-0.2, -0.15) is 0 Å². The lowest BCUT2D eigenvalue weighted by molar-refractivity contribution is 0.0695. The van der Waals surface area contributed by atoms with E-state index in [1.54, 1.807) is 43.3 Å². The maximum atomic E-state index is 12.3. The molecule has 0 saturated heterocycles. The lowest BCUT2D eigenvalue weighted by Crippen LogP contribution is -2.29. The predicted octanol–water partition coefficient (Wildman–Crippen LogP) is 2.49. The van der Waals surface area contributed by atoms with Crippen LogP contribution in [0.5, 0.6) is 0 Å². The standard InChI is InChI=1S/C16H11NO4/c1-9-6-7-10(8-13(9)16(20)21)17-14(18)11-4-2-3-5-12(11)15(17)19/h2-8H,1H3,(H,20,21). The lowest BCUT2D eigenvalue weighted by atomic mass is 10.1. The highest BCUT2D eigenvalue weighted by molar-refractivity contribution is 6.34. The number of hydrogen-bond donors (Lipinski definition) is 1. The van der Waals surface area contributed by atoms with E-state index in [2.05, 4.69) is 0 Å². The summed E-state index contributed by atoms with van der Waals surface area (Å²) >= 11 is 0. The van der Waals surface area contributed by atoms with E-state index in [1.807, 2.05) is 0 Å². The summed E-state index contributed by atoms with van der Waals surface area (Å²) in [6.07, 6.45) is 0. The number of carboxylic acid groups (broad SMARTS) is 1. The second-order valence-corrected chi connectivity index (χ2v) is 4.80. The molecule has 0 fully saturated rings. The van der Waals surface area contributed by atoms with Gasteiger partial charge in [0.25, 0.3) is 11.8 Å². The van der Waals surface area contributed by atoms with E-state index in [4.69, 9.17) is 5.11 Å². The van der Waals surface area contributed by atoms with E-state index in [0.29, 0.717) is 16.7 Å². The molecular formula is C16H11NO4. The maximum absolute atomic E-state index is 12.3. The number of carbonyl (C=O) groups is 3. The number of imide groups is 1. The topological polar surface area (TPSA) is 74.7 Å².